The number of esters is 1. The molecule has 21 atom stereocenters. The summed E-state index contributed by atoms with van der Waals surface area (Å²) in [5.41, 5.74) is 0. The first-order valence-electron chi connectivity index (χ1n) is 38.4. The van der Waals surface area contributed by atoms with Crippen LogP contribution in [0.4, 0.5) is 0 Å². The van der Waals surface area contributed by atoms with Crippen LogP contribution < -0.4 is 10.6 Å². The van der Waals surface area contributed by atoms with Gasteiger partial charge < -0.3 is 105 Å². The molecule has 3 heterocycles. The molecular weight excluding hydrogens is 1310 g/mol. The van der Waals surface area contributed by atoms with Gasteiger partial charge in [0.1, 0.15) is 79.9 Å². The molecule has 0 bridgehead atoms. The van der Waals surface area contributed by atoms with Gasteiger partial charge >= 0.3 is 5.97 Å². The lowest BCUT2D eigenvalue weighted by Gasteiger charge is -2.50. The Kier molecular flexibility index (Phi) is 50.7. The summed E-state index contributed by atoms with van der Waals surface area (Å²) in [5, 5.41) is 6.29. The molecule has 25 heteroatoms. The fourth-order valence-electron chi connectivity index (χ4n) is 14.7. The van der Waals surface area contributed by atoms with Crippen LogP contribution in [0.5, 0.6) is 0 Å². The second kappa shape index (κ2) is 55.1. The van der Waals surface area contributed by atoms with Crippen molar-refractivity contribution in [1.82, 2.24) is 10.6 Å². The summed E-state index contributed by atoms with van der Waals surface area (Å²) in [6.45, 7) is 7.66. The van der Waals surface area contributed by atoms with E-state index >= 15 is 0 Å². The van der Waals surface area contributed by atoms with Gasteiger partial charge in [-0.15, -0.1) is 0 Å². The molecular formula is C76H144N2O23. The van der Waals surface area contributed by atoms with Gasteiger partial charge in [0, 0.05) is 98.8 Å². The van der Waals surface area contributed by atoms with Gasteiger partial charge in [-0.1, -0.05) is 194 Å². The van der Waals surface area contributed by atoms with Crippen LogP contribution in [0.15, 0.2) is 0 Å². The molecule has 0 aromatic heterocycles. The molecule has 0 aromatic rings. The van der Waals surface area contributed by atoms with Gasteiger partial charge in [0.15, 0.2) is 12.6 Å². The number of nitrogens with one attached hydrogen (secondary N) is 2. The number of ether oxygens (including phenoxy) is 20. The van der Waals surface area contributed by atoms with Crippen molar-refractivity contribution in [2.24, 2.45) is 5.92 Å². The summed E-state index contributed by atoms with van der Waals surface area (Å²) in [5.74, 6) is -3.31. The summed E-state index contributed by atoms with van der Waals surface area (Å²) in [6.07, 6.45) is 20.1. The molecule has 3 fully saturated rings. The van der Waals surface area contributed by atoms with Gasteiger partial charge in [-0.25, -0.2) is 4.79 Å². The molecule has 25 nitrogen and oxygen atoms in total. The molecule has 3 saturated heterocycles. The van der Waals surface area contributed by atoms with Gasteiger partial charge in [0.05, 0.1) is 57.3 Å². The lowest BCUT2D eigenvalue weighted by molar-refractivity contribution is -0.345. The van der Waals surface area contributed by atoms with E-state index in [1.54, 1.807) is 28.4 Å². The number of amides is 2. The van der Waals surface area contributed by atoms with Crippen LogP contribution in [0, 0.1) is 5.92 Å². The second-order valence-electron chi connectivity index (χ2n) is 27.9. The van der Waals surface area contributed by atoms with Gasteiger partial charge in [0.25, 0.3) is 5.79 Å². The lowest BCUT2D eigenvalue weighted by atomic mass is 9.88. The van der Waals surface area contributed by atoms with Crippen molar-refractivity contribution in [3.63, 3.8) is 0 Å². The molecule has 0 saturated carbocycles. The molecule has 0 aliphatic carbocycles. The van der Waals surface area contributed by atoms with Crippen molar-refractivity contribution in [3.8, 4) is 0 Å². The van der Waals surface area contributed by atoms with E-state index < -0.39 is 147 Å². The molecule has 3 aliphatic rings. The van der Waals surface area contributed by atoms with Crippen molar-refractivity contribution < 1.29 is 109 Å². The molecule has 0 aromatic carbocycles. The van der Waals surface area contributed by atoms with Crippen LogP contribution in [0.25, 0.3) is 0 Å². The minimum atomic E-state index is -2.25. The maximum absolute atomic E-state index is 14.6. The van der Waals surface area contributed by atoms with E-state index in [4.69, 9.17) is 94.7 Å². The number of hydrogen-bond donors (Lipinski definition) is 2. The van der Waals surface area contributed by atoms with Crippen LogP contribution in [0.2, 0.25) is 0 Å². The Morgan fingerprint density at radius 3 is 1.46 bits per heavy atom. The zero-order chi connectivity index (χ0) is 74.4. The van der Waals surface area contributed by atoms with E-state index in [1.807, 2.05) is 6.92 Å². The van der Waals surface area contributed by atoms with Crippen molar-refractivity contribution in [2.45, 2.75) is 342 Å². The number of carbonyl (C=O) groups is 3. The first-order chi connectivity index (χ1) is 49.0. The van der Waals surface area contributed by atoms with Crippen molar-refractivity contribution in [1.29, 1.82) is 0 Å². The first-order valence-corrected chi connectivity index (χ1v) is 38.4. The molecule has 596 valence electrons. The third kappa shape index (κ3) is 31.4. The zero-order valence-corrected chi connectivity index (χ0v) is 66.0. The third-order valence-corrected chi connectivity index (χ3v) is 21.0. The topological polar surface area (TPSA) is 260 Å². The largest absolute Gasteiger partial charge is 0.465 e. The quantitative estimate of drug-likeness (QED) is 0.0423. The summed E-state index contributed by atoms with van der Waals surface area (Å²) in [7, 11) is 21.0. The van der Waals surface area contributed by atoms with E-state index in [0.717, 1.165) is 44.4 Å². The van der Waals surface area contributed by atoms with Crippen LogP contribution in [-0.2, 0) is 109 Å². The Morgan fingerprint density at radius 2 is 1.00 bits per heavy atom. The highest BCUT2D eigenvalue weighted by Gasteiger charge is 2.59. The second-order valence-corrected chi connectivity index (χ2v) is 27.9. The van der Waals surface area contributed by atoms with Crippen molar-refractivity contribution in [3.05, 3.63) is 0 Å². The number of rotatable bonds is 61. The highest BCUT2D eigenvalue weighted by atomic mass is 16.8. The molecule has 3 aliphatic heterocycles. The zero-order valence-electron chi connectivity index (χ0n) is 66.0. The normalized spacial score (nSPS) is 27.7. The molecule has 1 unspecified atom stereocenters. The maximum atomic E-state index is 14.6. The molecule has 0 spiro atoms. The predicted molar refractivity (Wildman–Crippen MR) is 385 cm³/mol. The van der Waals surface area contributed by atoms with E-state index in [-0.39, 0.29) is 25.5 Å². The molecule has 101 heavy (non-hydrogen) atoms. The molecule has 2 amide bonds. The Balaban J connectivity index is 1.89. The number of carbonyl (C=O) groups excluding carboxylic acids is 3. The van der Waals surface area contributed by atoms with E-state index in [2.05, 4.69) is 31.4 Å². The van der Waals surface area contributed by atoms with E-state index in [9.17, 15) is 14.4 Å². The van der Waals surface area contributed by atoms with Crippen molar-refractivity contribution in [2.75, 3.05) is 126 Å². The maximum Gasteiger partial charge on any atom is 0.366 e. The lowest BCUT2D eigenvalue weighted by Crippen LogP contribution is -2.69. The Morgan fingerprint density at radius 1 is 0.505 bits per heavy atom. The molecule has 2 N–H and O–H groups in total. The molecule has 0 radical (unpaired) electrons. The van der Waals surface area contributed by atoms with E-state index in [0.29, 0.717) is 12.8 Å². The van der Waals surface area contributed by atoms with Crippen LogP contribution in [0.3, 0.4) is 0 Å². The number of methoxy groups -OCH3 is 14. The summed E-state index contributed by atoms with van der Waals surface area (Å²) in [6, 6.07) is -1.82. The smallest absolute Gasteiger partial charge is 0.366 e. The first kappa shape index (κ1) is 92.9. The predicted octanol–water partition coefficient (Wildman–Crippen LogP) is 10.9. The van der Waals surface area contributed by atoms with Gasteiger partial charge in [0.2, 0.25) is 11.8 Å². The fraction of sp³-hybridized carbons (Fsp3) is 0.961. The standard InChI is InChI=1S/C76H144N2O23/c1-19-21-22-23-24-25-26-27-28-29-30-31-32-33-34-37-41-44-47-57(84-7)72(80)77-55(64(88-11)56(83-6)46-43-40-38-35-36-39-42-45-53(3)20-2)49-96-74-71(94-17)69(92-15)66(90-13)60(100-74)51-98-76(75(81)95-18)48-58(85-8)62(67(101-76)65(89-12)59(86-9)50-82-5)78-61(79)52-97-73-70(93-16)68(91-14)63(87-10)54(4)99-73/h53-60,62-71,73-74H,19-52H2,1-18H3,(H,77,80)(H,78,79)/t53?,54-,55-,56+,57+,58-,59-,60+,62+,63+,64-,65-,66+,67+,68+,69-,70-,71+,73+,74+,76+/m0/s1. The van der Waals surface area contributed by atoms with Gasteiger partial charge in [-0.2, -0.15) is 0 Å². The minimum Gasteiger partial charge on any atom is -0.465 e. The highest BCUT2D eigenvalue weighted by molar-refractivity contribution is 5.81. The average molecular weight is 1450 g/mol. The van der Waals surface area contributed by atoms with Gasteiger partial charge in [-0.3, -0.25) is 9.59 Å². The SMILES string of the molecule is CCCCCCCCCCCCCCCCCCCC[C@@H](OC)C(=O)N[C@@H](CO[C@@H]1O[C@H](CO[C@]2(C(=O)OC)C[C@H](OC)[C@@H](NC(=O)CO[C@@H]3O[C@@H](C)[C@@H](OC)[C@@H](OC)[C@@H]3OC)[C@H]([C@@H](OC)[C@H](COC)OC)O2)[C@@H](OC)[C@H](OC)[C@H]1OC)[C@H](OC)[C@@H](CCCCCCCCCC(C)CC)OC. The summed E-state index contributed by atoms with van der Waals surface area (Å²) in [4.78, 5) is 43.3. The van der Waals surface area contributed by atoms with E-state index in [1.165, 1.54) is 206 Å². The monoisotopic (exact) mass is 1450 g/mol. The molecule has 3 rings (SSSR count). The number of hydrogen-bond acceptors (Lipinski definition) is 23. The fourth-order valence-corrected chi connectivity index (χ4v) is 14.7. The Bertz CT molecular complexity index is 2080. The van der Waals surface area contributed by atoms with Crippen molar-refractivity contribution >= 4 is 17.8 Å². The van der Waals surface area contributed by atoms with Crippen LogP contribution >= 0.6 is 0 Å². The Labute approximate surface area is 609 Å². The van der Waals surface area contributed by atoms with Crippen LogP contribution in [0.1, 0.15) is 220 Å². The Hall–Kier alpha value is -2.35. The minimum absolute atomic E-state index is 0.0142. The highest BCUT2D eigenvalue weighted by Crippen LogP contribution is 2.39. The average Bonchev–Trinajstić information content (AvgIpc) is 0.782. The van der Waals surface area contributed by atoms with Crippen LogP contribution in [-0.4, -0.2) is 266 Å². The summed E-state index contributed by atoms with van der Waals surface area (Å²) >= 11 is 0. The third-order valence-electron chi connectivity index (χ3n) is 21.0. The number of unbranched alkanes of at least 4 members (excludes halogenated alkanes) is 23. The summed E-state index contributed by atoms with van der Waals surface area (Å²) < 4.78 is 123. The van der Waals surface area contributed by atoms with Gasteiger partial charge in [-0.05, 0) is 25.7 Å².